The monoisotopic (exact) mass is 462 g/mol. The normalized spacial score (nSPS) is 15.0. The van der Waals surface area contributed by atoms with E-state index in [-0.39, 0.29) is 22.0 Å². The van der Waals surface area contributed by atoms with E-state index in [1.807, 2.05) is 6.92 Å². The first-order chi connectivity index (χ1) is 15.9. The topological polar surface area (TPSA) is 109 Å². The van der Waals surface area contributed by atoms with Crippen molar-refractivity contribution in [2.75, 3.05) is 11.5 Å². The molecule has 0 radical (unpaired) electrons. The van der Waals surface area contributed by atoms with E-state index < -0.39 is 17.8 Å². The largest absolute Gasteiger partial charge is 0.494 e. The fraction of sp³-hybridized carbons (Fsp3) is 0.0833. The van der Waals surface area contributed by atoms with E-state index in [0.29, 0.717) is 29.4 Å². The number of nitrogens with one attached hydrogen (secondary N) is 1. The highest BCUT2D eigenvalue weighted by Crippen LogP contribution is 2.27. The lowest BCUT2D eigenvalue weighted by Crippen LogP contribution is -2.54. The van der Waals surface area contributed by atoms with Crippen LogP contribution < -0.4 is 15.0 Å². The zero-order valence-electron chi connectivity index (χ0n) is 17.4. The van der Waals surface area contributed by atoms with Gasteiger partial charge in [-0.3, -0.25) is 19.8 Å². The van der Waals surface area contributed by atoms with Gasteiger partial charge in [-0.25, -0.2) is 4.79 Å². The zero-order valence-corrected chi connectivity index (χ0v) is 18.2. The number of benzene rings is 2. The van der Waals surface area contributed by atoms with Gasteiger partial charge in [-0.2, -0.15) is 0 Å². The molecule has 9 heteroatoms. The van der Waals surface area contributed by atoms with Crippen LogP contribution in [0.15, 0.2) is 70.7 Å². The van der Waals surface area contributed by atoms with Crippen LogP contribution in [-0.2, 0) is 9.59 Å². The Labute approximate surface area is 194 Å². The number of hydrogen-bond donors (Lipinski definition) is 2. The molecule has 0 atom stereocenters. The molecule has 0 unspecified atom stereocenters. The smallest absolute Gasteiger partial charge is 0.335 e. The summed E-state index contributed by atoms with van der Waals surface area (Å²) in [5.41, 5.74) is 1.12. The van der Waals surface area contributed by atoms with Crippen LogP contribution >= 0.6 is 12.2 Å². The van der Waals surface area contributed by atoms with Crippen LogP contribution in [0.1, 0.15) is 23.0 Å². The summed E-state index contributed by atoms with van der Waals surface area (Å²) in [6.07, 6.45) is 1.34. The standard InChI is InChI=1S/C24H18N2O6S/c1-2-31-17-5-3-4-16(12-17)26-22(28)19(21(27)25-24(26)33)13-18-10-11-20(32-18)14-6-8-15(9-7-14)23(29)30/h3-13H,2H2,1H3,(H,29,30)(H,25,27,33). The van der Waals surface area contributed by atoms with Gasteiger partial charge in [0.15, 0.2) is 5.11 Å². The van der Waals surface area contributed by atoms with Crippen molar-refractivity contribution in [1.82, 2.24) is 5.32 Å². The Balaban J connectivity index is 1.63. The number of carboxylic acids is 1. The van der Waals surface area contributed by atoms with E-state index in [0.717, 1.165) is 0 Å². The summed E-state index contributed by atoms with van der Waals surface area (Å²) in [6.45, 7) is 2.31. The number of amides is 2. The molecule has 0 bridgehead atoms. The van der Waals surface area contributed by atoms with Gasteiger partial charge < -0.3 is 14.3 Å². The van der Waals surface area contributed by atoms with E-state index in [4.69, 9.17) is 26.5 Å². The summed E-state index contributed by atoms with van der Waals surface area (Å²) < 4.78 is 11.2. The number of carboxylic acid groups (broad SMARTS) is 1. The molecule has 0 spiro atoms. The van der Waals surface area contributed by atoms with Crippen LogP contribution in [0.3, 0.4) is 0 Å². The molecule has 33 heavy (non-hydrogen) atoms. The van der Waals surface area contributed by atoms with Crippen LogP contribution in [0.2, 0.25) is 0 Å². The quantitative estimate of drug-likeness (QED) is 0.325. The minimum absolute atomic E-state index is 0.0329. The third-order valence-electron chi connectivity index (χ3n) is 4.82. The molecule has 1 saturated heterocycles. The molecule has 0 saturated carbocycles. The van der Waals surface area contributed by atoms with Gasteiger partial charge in [-0.15, -0.1) is 0 Å². The van der Waals surface area contributed by atoms with E-state index >= 15 is 0 Å². The molecule has 3 aromatic rings. The molecule has 1 aromatic heterocycles. The number of furan rings is 1. The molecule has 1 aliphatic heterocycles. The number of hydrogen-bond acceptors (Lipinski definition) is 6. The highest BCUT2D eigenvalue weighted by Gasteiger charge is 2.35. The van der Waals surface area contributed by atoms with Crippen molar-refractivity contribution in [1.29, 1.82) is 0 Å². The lowest BCUT2D eigenvalue weighted by atomic mass is 10.1. The van der Waals surface area contributed by atoms with Gasteiger partial charge in [-0.05, 0) is 61.6 Å². The zero-order chi connectivity index (χ0) is 23.5. The summed E-state index contributed by atoms with van der Waals surface area (Å²) in [6, 6.07) is 16.3. The summed E-state index contributed by atoms with van der Waals surface area (Å²) in [4.78, 5) is 37.9. The van der Waals surface area contributed by atoms with Crippen LogP contribution in [0.5, 0.6) is 5.75 Å². The summed E-state index contributed by atoms with van der Waals surface area (Å²) >= 11 is 5.23. The predicted octanol–water partition coefficient (Wildman–Crippen LogP) is 3.87. The highest BCUT2D eigenvalue weighted by molar-refractivity contribution is 7.80. The molecule has 1 fully saturated rings. The number of aromatic carboxylic acids is 1. The molecule has 2 aromatic carbocycles. The van der Waals surface area contributed by atoms with Gasteiger partial charge in [0.2, 0.25) is 0 Å². The molecule has 2 heterocycles. The first kappa shape index (κ1) is 22.0. The van der Waals surface area contributed by atoms with Gasteiger partial charge in [0, 0.05) is 11.6 Å². The first-order valence-corrected chi connectivity index (χ1v) is 10.4. The number of ether oxygens (including phenoxy) is 1. The summed E-state index contributed by atoms with van der Waals surface area (Å²) in [5.74, 6) is -0.951. The van der Waals surface area contributed by atoms with Crippen LogP contribution in [0.4, 0.5) is 5.69 Å². The van der Waals surface area contributed by atoms with Gasteiger partial charge >= 0.3 is 5.97 Å². The van der Waals surface area contributed by atoms with E-state index in [1.54, 1.807) is 48.5 Å². The van der Waals surface area contributed by atoms with Gasteiger partial charge in [0.25, 0.3) is 11.8 Å². The molecule has 8 nitrogen and oxygen atoms in total. The van der Waals surface area contributed by atoms with Crippen molar-refractivity contribution in [2.45, 2.75) is 6.92 Å². The number of carbonyl (C=O) groups is 3. The number of anilines is 1. The minimum atomic E-state index is -1.03. The van der Waals surface area contributed by atoms with Crippen LogP contribution in [0.25, 0.3) is 17.4 Å². The molecule has 4 rings (SSSR count). The van der Waals surface area contributed by atoms with E-state index in [2.05, 4.69) is 5.32 Å². The molecule has 2 amide bonds. The number of carbonyl (C=O) groups excluding carboxylic acids is 2. The van der Waals surface area contributed by atoms with Crippen molar-refractivity contribution in [3.8, 4) is 17.1 Å². The van der Waals surface area contributed by atoms with Gasteiger partial charge in [-0.1, -0.05) is 18.2 Å². The average molecular weight is 462 g/mol. The maximum absolute atomic E-state index is 13.2. The second-order valence-electron chi connectivity index (χ2n) is 6.97. The van der Waals surface area contributed by atoms with Crippen molar-refractivity contribution in [2.24, 2.45) is 0 Å². The number of rotatable bonds is 6. The Hall–Kier alpha value is -4.24. The SMILES string of the molecule is CCOc1cccc(N2C(=O)C(=Cc3ccc(-c4ccc(C(=O)O)cc4)o3)C(=O)NC2=S)c1. The molecular formula is C24H18N2O6S. The first-order valence-electron chi connectivity index (χ1n) is 9.95. The minimum Gasteiger partial charge on any atom is -0.494 e. The van der Waals surface area contributed by atoms with Crippen molar-refractivity contribution < 1.29 is 28.6 Å². The van der Waals surface area contributed by atoms with Crippen molar-refractivity contribution >= 4 is 46.9 Å². The third-order valence-corrected chi connectivity index (χ3v) is 5.10. The Morgan fingerprint density at radius 1 is 1.15 bits per heavy atom. The van der Waals surface area contributed by atoms with Gasteiger partial charge in [0.05, 0.1) is 17.9 Å². The Bertz CT molecular complexity index is 1290. The Morgan fingerprint density at radius 2 is 1.91 bits per heavy atom. The van der Waals surface area contributed by atoms with Crippen molar-refractivity contribution in [3.05, 3.63) is 77.6 Å². The molecule has 2 N–H and O–H groups in total. The fourth-order valence-electron chi connectivity index (χ4n) is 3.28. The molecule has 1 aliphatic rings. The van der Waals surface area contributed by atoms with Gasteiger partial charge in [0.1, 0.15) is 22.8 Å². The van der Waals surface area contributed by atoms with Crippen LogP contribution in [0, 0.1) is 0 Å². The lowest BCUT2D eigenvalue weighted by molar-refractivity contribution is -0.122. The predicted molar refractivity (Wildman–Crippen MR) is 125 cm³/mol. The van der Waals surface area contributed by atoms with E-state index in [9.17, 15) is 14.4 Å². The van der Waals surface area contributed by atoms with Crippen LogP contribution in [-0.4, -0.2) is 34.6 Å². The Kier molecular flexibility index (Phi) is 6.05. The maximum Gasteiger partial charge on any atom is 0.335 e. The second kappa shape index (κ2) is 9.09. The summed E-state index contributed by atoms with van der Waals surface area (Å²) in [5, 5.41) is 11.5. The summed E-state index contributed by atoms with van der Waals surface area (Å²) in [7, 11) is 0. The molecule has 166 valence electrons. The lowest BCUT2D eigenvalue weighted by Gasteiger charge is -2.29. The van der Waals surface area contributed by atoms with E-state index in [1.165, 1.54) is 23.1 Å². The third kappa shape index (κ3) is 4.53. The Morgan fingerprint density at radius 3 is 2.61 bits per heavy atom. The molecular weight excluding hydrogens is 444 g/mol. The van der Waals surface area contributed by atoms with Crippen molar-refractivity contribution in [3.63, 3.8) is 0 Å². The fourth-order valence-corrected chi connectivity index (χ4v) is 3.56. The second-order valence-corrected chi connectivity index (χ2v) is 7.36. The average Bonchev–Trinajstić information content (AvgIpc) is 3.26. The molecule has 0 aliphatic carbocycles. The number of thiocarbonyl (C=S) groups is 1. The number of nitrogens with zero attached hydrogens (tertiary/aromatic N) is 1. The maximum atomic E-state index is 13.2. The highest BCUT2D eigenvalue weighted by atomic mass is 32.1.